The Hall–Kier alpha value is -0.800. The third-order valence-corrected chi connectivity index (χ3v) is 4.17. The molecule has 0 radical (unpaired) electrons. The molecular weight excluding hydrogens is 303 g/mol. The second-order valence-electron chi connectivity index (χ2n) is 4.23. The van der Waals surface area contributed by atoms with Crippen LogP contribution in [0.2, 0.25) is 15.1 Å². The van der Waals surface area contributed by atoms with E-state index in [1.165, 1.54) is 0 Å². The molecule has 5 heteroatoms. The van der Waals surface area contributed by atoms with Crippen molar-refractivity contribution in [2.75, 3.05) is 0 Å². The van der Waals surface area contributed by atoms with Gasteiger partial charge in [-0.05, 0) is 30.2 Å². The van der Waals surface area contributed by atoms with Crippen molar-refractivity contribution in [1.82, 2.24) is 10.3 Å². The maximum atomic E-state index is 6.21. The molecule has 100 valence electrons. The minimum absolute atomic E-state index is 0.0717. The van der Waals surface area contributed by atoms with Gasteiger partial charge in [0.15, 0.2) is 0 Å². The van der Waals surface area contributed by atoms with Crippen molar-refractivity contribution in [3.63, 3.8) is 0 Å². The zero-order valence-electron chi connectivity index (χ0n) is 10.3. The molecule has 1 unspecified atom stereocenters. The highest BCUT2D eigenvalue weighted by molar-refractivity contribution is 6.48. The number of aromatic nitrogens is 1. The highest BCUT2D eigenvalue weighted by Gasteiger charge is 2.13. The normalized spacial score (nSPS) is 12.4. The first kappa shape index (κ1) is 14.6. The molecule has 1 aromatic carbocycles. The summed E-state index contributed by atoms with van der Waals surface area (Å²) >= 11 is 18.2. The average molecular weight is 316 g/mol. The quantitative estimate of drug-likeness (QED) is 0.812. The molecule has 0 spiro atoms. The van der Waals surface area contributed by atoms with Crippen LogP contribution in [-0.4, -0.2) is 4.98 Å². The van der Waals surface area contributed by atoms with E-state index in [0.29, 0.717) is 21.6 Å². The standard InChI is InChI=1S/C14H13Cl3N2/c1-9(19-8-10-3-2-6-18-7-10)11-4-5-12(15)14(17)13(11)16/h2-7,9,19H,8H2,1H3. The molecule has 1 N–H and O–H groups in total. The van der Waals surface area contributed by atoms with Crippen molar-refractivity contribution < 1.29 is 0 Å². The number of halogens is 3. The Labute approximate surface area is 127 Å². The van der Waals surface area contributed by atoms with E-state index in [-0.39, 0.29) is 6.04 Å². The molecule has 0 saturated carbocycles. The van der Waals surface area contributed by atoms with Crippen molar-refractivity contribution in [2.24, 2.45) is 0 Å². The summed E-state index contributed by atoms with van der Waals surface area (Å²) in [7, 11) is 0. The Morgan fingerprint density at radius 2 is 1.95 bits per heavy atom. The molecule has 0 fully saturated rings. The summed E-state index contributed by atoms with van der Waals surface area (Å²) in [5, 5.41) is 4.74. The van der Waals surface area contributed by atoms with Gasteiger partial charge in [0.1, 0.15) is 0 Å². The van der Waals surface area contributed by atoms with Crippen molar-refractivity contribution in [3.05, 3.63) is 62.9 Å². The van der Waals surface area contributed by atoms with E-state index < -0.39 is 0 Å². The Morgan fingerprint density at radius 3 is 2.63 bits per heavy atom. The minimum Gasteiger partial charge on any atom is -0.306 e. The van der Waals surface area contributed by atoms with Crippen molar-refractivity contribution >= 4 is 34.8 Å². The molecule has 0 aliphatic carbocycles. The lowest BCUT2D eigenvalue weighted by Crippen LogP contribution is -2.18. The van der Waals surface area contributed by atoms with Gasteiger partial charge in [0.25, 0.3) is 0 Å². The predicted molar refractivity (Wildman–Crippen MR) is 81.0 cm³/mol. The van der Waals surface area contributed by atoms with Crippen LogP contribution in [0.5, 0.6) is 0 Å². The average Bonchev–Trinajstić information content (AvgIpc) is 2.43. The highest BCUT2D eigenvalue weighted by Crippen LogP contribution is 2.35. The Balaban J connectivity index is 2.08. The summed E-state index contributed by atoms with van der Waals surface area (Å²) in [5.41, 5.74) is 2.05. The molecule has 1 atom stereocenters. The molecule has 0 bridgehead atoms. The molecule has 2 nitrogen and oxygen atoms in total. The van der Waals surface area contributed by atoms with E-state index in [1.807, 2.05) is 31.3 Å². The summed E-state index contributed by atoms with van der Waals surface area (Å²) in [6, 6.07) is 7.64. The van der Waals surface area contributed by atoms with Gasteiger partial charge in [0.2, 0.25) is 0 Å². The largest absolute Gasteiger partial charge is 0.306 e. The second kappa shape index (κ2) is 6.58. The molecule has 0 saturated heterocycles. The van der Waals surface area contributed by atoms with Crippen LogP contribution in [0.25, 0.3) is 0 Å². The number of pyridine rings is 1. The number of hydrogen-bond donors (Lipinski definition) is 1. The smallest absolute Gasteiger partial charge is 0.0781 e. The van der Waals surface area contributed by atoms with Gasteiger partial charge >= 0.3 is 0 Å². The number of hydrogen-bond acceptors (Lipinski definition) is 2. The van der Waals surface area contributed by atoms with Crippen LogP contribution in [0.15, 0.2) is 36.7 Å². The molecule has 19 heavy (non-hydrogen) atoms. The van der Waals surface area contributed by atoms with Crippen LogP contribution in [0, 0.1) is 0 Å². The maximum absolute atomic E-state index is 6.21. The van der Waals surface area contributed by atoms with Crippen LogP contribution in [0.4, 0.5) is 0 Å². The fourth-order valence-corrected chi connectivity index (χ4v) is 2.47. The first-order valence-corrected chi connectivity index (χ1v) is 6.98. The summed E-state index contributed by atoms with van der Waals surface area (Å²) in [4.78, 5) is 4.07. The third kappa shape index (κ3) is 3.61. The fourth-order valence-electron chi connectivity index (χ4n) is 1.76. The van der Waals surface area contributed by atoms with Gasteiger partial charge in [-0.2, -0.15) is 0 Å². The van der Waals surface area contributed by atoms with Gasteiger partial charge in [-0.3, -0.25) is 4.98 Å². The topological polar surface area (TPSA) is 24.9 Å². The zero-order valence-corrected chi connectivity index (χ0v) is 12.6. The summed E-state index contributed by atoms with van der Waals surface area (Å²) < 4.78 is 0. The Kier molecular flexibility index (Phi) is 5.06. The number of nitrogens with zero attached hydrogens (tertiary/aromatic N) is 1. The fraction of sp³-hybridized carbons (Fsp3) is 0.214. The molecule has 2 aromatic rings. The molecule has 1 aromatic heterocycles. The summed E-state index contributed by atoms with van der Waals surface area (Å²) in [5.74, 6) is 0. The second-order valence-corrected chi connectivity index (χ2v) is 5.39. The summed E-state index contributed by atoms with van der Waals surface area (Å²) in [6.45, 7) is 2.74. The monoisotopic (exact) mass is 314 g/mol. The SMILES string of the molecule is CC(NCc1cccnc1)c1ccc(Cl)c(Cl)c1Cl. The van der Waals surface area contributed by atoms with Crippen molar-refractivity contribution in [1.29, 1.82) is 0 Å². The Morgan fingerprint density at radius 1 is 1.16 bits per heavy atom. The lowest BCUT2D eigenvalue weighted by Gasteiger charge is -2.16. The highest BCUT2D eigenvalue weighted by atomic mass is 35.5. The molecule has 2 rings (SSSR count). The first-order valence-electron chi connectivity index (χ1n) is 5.85. The molecule has 0 aliphatic rings. The number of rotatable bonds is 4. The zero-order chi connectivity index (χ0) is 13.8. The van der Waals surface area contributed by atoms with Crippen LogP contribution in [0.1, 0.15) is 24.1 Å². The molecule has 1 heterocycles. The van der Waals surface area contributed by atoms with Gasteiger partial charge in [-0.1, -0.05) is 46.9 Å². The predicted octanol–water partition coefficient (Wildman–Crippen LogP) is 4.89. The van der Waals surface area contributed by atoms with E-state index >= 15 is 0 Å². The lowest BCUT2D eigenvalue weighted by molar-refractivity contribution is 0.574. The maximum Gasteiger partial charge on any atom is 0.0781 e. The van der Waals surface area contributed by atoms with Gasteiger partial charge in [-0.25, -0.2) is 0 Å². The molecular formula is C14H13Cl3N2. The first-order chi connectivity index (χ1) is 9.09. The van der Waals surface area contributed by atoms with Gasteiger partial charge < -0.3 is 5.32 Å². The minimum atomic E-state index is 0.0717. The van der Waals surface area contributed by atoms with E-state index in [2.05, 4.69) is 10.3 Å². The van der Waals surface area contributed by atoms with Crippen LogP contribution in [-0.2, 0) is 6.54 Å². The summed E-state index contributed by atoms with van der Waals surface area (Å²) in [6.07, 6.45) is 3.58. The lowest BCUT2D eigenvalue weighted by atomic mass is 10.1. The van der Waals surface area contributed by atoms with E-state index in [0.717, 1.165) is 11.1 Å². The van der Waals surface area contributed by atoms with Crippen LogP contribution < -0.4 is 5.32 Å². The Bertz CT molecular complexity index is 558. The molecule has 0 aliphatic heterocycles. The third-order valence-electron chi connectivity index (χ3n) is 2.87. The van der Waals surface area contributed by atoms with Crippen LogP contribution >= 0.6 is 34.8 Å². The van der Waals surface area contributed by atoms with Gasteiger partial charge in [-0.15, -0.1) is 0 Å². The van der Waals surface area contributed by atoms with E-state index in [9.17, 15) is 0 Å². The van der Waals surface area contributed by atoms with Crippen molar-refractivity contribution in [2.45, 2.75) is 19.5 Å². The molecule has 0 amide bonds. The van der Waals surface area contributed by atoms with E-state index in [4.69, 9.17) is 34.8 Å². The number of nitrogens with one attached hydrogen (secondary N) is 1. The van der Waals surface area contributed by atoms with Crippen LogP contribution in [0.3, 0.4) is 0 Å². The van der Waals surface area contributed by atoms with Gasteiger partial charge in [0.05, 0.1) is 15.1 Å². The van der Waals surface area contributed by atoms with E-state index in [1.54, 1.807) is 12.3 Å². The number of benzene rings is 1. The van der Waals surface area contributed by atoms with Crippen molar-refractivity contribution in [3.8, 4) is 0 Å². The van der Waals surface area contributed by atoms with Gasteiger partial charge in [0, 0.05) is 25.0 Å².